The molecule has 0 bridgehead atoms. The highest BCUT2D eigenvalue weighted by Gasteiger charge is 2.48. The minimum absolute atomic E-state index is 0.0997. The lowest BCUT2D eigenvalue weighted by molar-refractivity contribution is -0.145. The largest absolute Gasteiger partial charge is 0.466 e. The number of nitrogens with zero attached hydrogens (tertiary/aromatic N) is 1. The van der Waals surface area contributed by atoms with Crippen molar-refractivity contribution in [1.29, 1.82) is 0 Å². The SMILES string of the molecule is CCOC(=O)[C@@H]1C[C@H]1N(C)C(=O)OCc1ccccc1. The average Bonchev–Trinajstić information content (AvgIpc) is 3.26. The Kier molecular flexibility index (Phi) is 4.61. The summed E-state index contributed by atoms with van der Waals surface area (Å²) in [6.07, 6.45) is 0.237. The molecule has 5 nitrogen and oxygen atoms in total. The zero-order valence-corrected chi connectivity index (χ0v) is 11.7. The Hall–Kier alpha value is -2.04. The Morgan fingerprint density at radius 3 is 2.60 bits per heavy atom. The minimum atomic E-state index is -0.411. The van der Waals surface area contributed by atoms with E-state index in [0.717, 1.165) is 5.56 Å². The van der Waals surface area contributed by atoms with Gasteiger partial charge in [0.25, 0.3) is 0 Å². The molecule has 2 rings (SSSR count). The minimum Gasteiger partial charge on any atom is -0.466 e. The van der Waals surface area contributed by atoms with Gasteiger partial charge in [-0.05, 0) is 18.9 Å². The second-order valence-corrected chi connectivity index (χ2v) is 4.81. The topological polar surface area (TPSA) is 55.8 Å². The van der Waals surface area contributed by atoms with Gasteiger partial charge < -0.3 is 14.4 Å². The number of carbonyl (C=O) groups is 2. The second-order valence-electron chi connectivity index (χ2n) is 4.81. The van der Waals surface area contributed by atoms with Gasteiger partial charge in [0.15, 0.2) is 0 Å². The summed E-state index contributed by atoms with van der Waals surface area (Å²) < 4.78 is 10.2. The van der Waals surface area contributed by atoms with Crippen LogP contribution in [-0.4, -0.2) is 36.7 Å². The molecule has 2 atom stereocenters. The van der Waals surface area contributed by atoms with E-state index in [2.05, 4.69) is 0 Å². The van der Waals surface area contributed by atoms with Crippen molar-refractivity contribution in [2.24, 2.45) is 5.92 Å². The number of esters is 1. The lowest BCUT2D eigenvalue weighted by Gasteiger charge is -2.16. The summed E-state index contributed by atoms with van der Waals surface area (Å²) in [6, 6.07) is 9.38. The van der Waals surface area contributed by atoms with Crippen LogP contribution in [0.1, 0.15) is 18.9 Å². The summed E-state index contributed by atoms with van der Waals surface area (Å²) in [5, 5.41) is 0. The van der Waals surface area contributed by atoms with Gasteiger partial charge in [-0.15, -0.1) is 0 Å². The molecule has 1 saturated carbocycles. The number of benzene rings is 1. The smallest absolute Gasteiger partial charge is 0.410 e. The molecule has 1 aromatic rings. The third kappa shape index (κ3) is 3.50. The highest BCUT2D eigenvalue weighted by molar-refractivity contribution is 5.78. The van der Waals surface area contributed by atoms with Gasteiger partial charge in [-0.3, -0.25) is 4.79 Å². The molecule has 5 heteroatoms. The summed E-state index contributed by atoms with van der Waals surface area (Å²) in [5.41, 5.74) is 0.937. The number of hydrogen-bond donors (Lipinski definition) is 0. The van der Waals surface area contributed by atoms with Gasteiger partial charge in [-0.25, -0.2) is 4.79 Å². The third-order valence-electron chi connectivity index (χ3n) is 3.34. The summed E-state index contributed by atoms with van der Waals surface area (Å²) in [4.78, 5) is 24.9. The molecule has 1 aliphatic rings. The first kappa shape index (κ1) is 14.4. The van der Waals surface area contributed by atoms with E-state index in [1.165, 1.54) is 4.90 Å². The van der Waals surface area contributed by atoms with Crippen LogP contribution in [0.4, 0.5) is 4.79 Å². The Bertz CT molecular complexity index is 474. The molecule has 0 saturated heterocycles. The molecule has 0 radical (unpaired) electrons. The molecule has 1 aromatic carbocycles. The second kappa shape index (κ2) is 6.41. The molecule has 1 amide bonds. The molecule has 20 heavy (non-hydrogen) atoms. The highest BCUT2D eigenvalue weighted by Crippen LogP contribution is 2.36. The lowest BCUT2D eigenvalue weighted by Crippen LogP contribution is -2.31. The zero-order chi connectivity index (χ0) is 14.5. The van der Waals surface area contributed by atoms with Crippen molar-refractivity contribution in [3.05, 3.63) is 35.9 Å². The van der Waals surface area contributed by atoms with Crippen LogP contribution in [0.25, 0.3) is 0 Å². The predicted molar refractivity (Wildman–Crippen MR) is 72.9 cm³/mol. The monoisotopic (exact) mass is 277 g/mol. The molecular weight excluding hydrogens is 258 g/mol. The van der Waals surface area contributed by atoms with Gasteiger partial charge in [0, 0.05) is 13.1 Å². The van der Waals surface area contributed by atoms with Crippen LogP contribution in [-0.2, 0) is 20.9 Å². The lowest BCUT2D eigenvalue weighted by atomic mass is 10.2. The molecular formula is C15H19NO4. The summed E-state index contributed by atoms with van der Waals surface area (Å²) in [6.45, 7) is 2.37. The number of rotatable bonds is 5. The van der Waals surface area contributed by atoms with E-state index < -0.39 is 6.09 Å². The first-order valence-corrected chi connectivity index (χ1v) is 6.73. The van der Waals surface area contributed by atoms with Gasteiger partial charge >= 0.3 is 12.1 Å². The van der Waals surface area contributed by atoms with Crippen LogP contribution in [0.2, 0.25) is 0 Å². The van der Waals surface area contributed by atoms with Crippen LogP contribution in [0.5, 0.6) is 0 Å². The van der Waals surface area contributed by atoms with Crippen molar-refractivity contribution in [1.82, 2.24) is 4.90 Å². The van der Waals surface area contributed by atoms with E-state index >= 15 is 0 Å². The van der Waals surface area contributed by atoms with E-state index in [1.54, 1.807) is 14.0 Å². The molecule has 1 fully saturated rings. The van der Waals surface area contributed by atoms with E-state index in [1.807, 2.05) is 30.3 Å². The number of hydrogen-bond acceptors (Lipinski definition) is 4. The molecule has 0 spiro atoms. The van der Waals surface area contributed by atoms with Crippen molar-refractivity contribution in [2.75, 3.05) is 13.7 Å². The van der Waals surface area contributed by atoms with Crippen LogP contribution in [0, 0.1) is 5.92 Å². The fraction of sp³-hybridized carbons (Fsp3) is 0.467. The quantitative estimate of drug-likeness (QED) is 0.774. The van der Waals surface area contributed by atoms with Crippen LogP contribution in [0.15, 0.2) is 30.3 Å². The standard InChI is InChI=1S/C15H19NO4/c1-3-19-14(17)12-9-13(12)16(2)15(18)20-10-11-7-5-4-6-8-11/h4-8,12-13H,3,9-10H2,1-2H3/t12-,13-/m1/s1. The highest BCUT2D eigenvalue weighted by atomic mass is 16.6. The normalized spacial score (nSPS) is 20.1. The van der Waals surface area contributed by atoms with Gasteiger partial charge in [0.1, 0.15) is 6.61 Å². The van der Waals surface area contributed by atoms with Crippen molar-refractivity contribution < 1.29 is 19.1 Å². The predicted octanol–water partition coefficient (Wildman–Crippen LogP) is 2.21. The maximum atomic E-state index is 11.9. The summed E-state index contributed by atoms with van der Waals surface area (Å²) >= 11 is 0. The van der Waals surface area contributed by atoms with Crippen molar-refractivity contribution in [2.45, 2.75) is 26.0 Å². The zero-order valence-electron chi connectivity index (χ0n) is 11.7. The van der Waals surface area contributed by atoms with Crippen LogP contribution in [0.3, 0.4) is 0 Å². The first-order chi connectivity index (χ1) is 9.63. The van der Waals surface area contributed by atoms with Crippen molar-refractivity contribution in [3.8, 4) is 0 Å². The van der Waals surface area contributed by atoms with Gasteiger partial charge in [0.2, 0.25) is 0 Å². The van der Waals surface area contributed by atoms with Crippen LogP contribution >= 0.6 is 0 Å². The number of amides is 1. The van der Waals surface area contributed by atoms with E-state index in [-0.39, 0.29) is 24.5 Å². The fourth-order valence-electron chi connectivity index (χ4n) is 2.07. The first-order valence-electron chi connectivity index (χ1n) is 6.73. The Balaban J connectivity index is 1.78. The molecule has 0 N–H and O–H groups in total. The Morgan fingerprint density at radius 2 is 1.95 bits per heavy atom. The number of ether oxygens (including phenoxy) is 2. The van der Waals surface area contributed by atoms with Crippen molar-refractivity contribution in [3.63, 3.8) is 0 Å². The third-order valence-corrected chi connectivity index (χ3v) is 3.34. The number of carbonyl (C=O) groups excluding carboxylic acids is 2. The molecule has 0 unspecified atom stereocenters. The van der Waals surface area contributed by atoms with Gasteiger partial charge in [-0.1, -0.05) is 30.3 Å². The average molecular weight is 277 g/mol. The van der Waals surface area contributed by atoms with Crippen LogP contribution < -0.4 is 0 Å². The molecule has 1 aliphatic carbocycles. The van der Waals surface area contributed by atoms with E-state index in [0.29, 0.717) is 13.0 Å². The molecule has 0 heterocycles. The fourth-order valence-corrected chi connectivity index (χ4v) is 2.07. The summed E-state index contributed by atoms with van der Waals surface area (Å²) in [7, 11) is 1.65. The van der Waals surface area contributed by atoms with Gasteiger partial charge in [-0.2, -0.15) is 0 Å². The van der Waals surface area contributed by atoms with E-state index in [9.17, 15) is 9.59 Å². The Labute approximate surface area is 118 Å². The molecule has 108 valence electrons. The maximum absolute atomic E-state index is 11.9. The van der Waals surface area contributed by atoms with Crippen molar-refractivity contribution >= 4 is 12.1 Å². The Morgan fingerprint density at radius 1 is 1.25 bits per heavy atom. The van der Waals surface area contributed by atoms with Gasteiger partial charge in [0.05, 0.1) is 12.5 Å². The molecule has 0 aromatic heterocycles. The molecule has 0 aliphatic heterocycles. The maximum Gasteiger partial charge on any atom is 0.410 e. The summed E-state index contributed by atoms with van der Waals surface area (Å²) in [5.74, 6) is -0.440. The van der Waals surface area contributed by atoms with E-state index in [4.69, 9.17) is 9.47 Å².